The van der Waals surface area contributed by atoms with Crippen molar-refractivity contribution in [3.63, 3.8) is 0 Å². The van der Waals surface area contributed by atoms with Gasteiger partial charge in [0.25, 0.3) is 5.91 Å². The first kappa shape index (κ1) is 14.4. The second-order valence-corrected chi connectivity index (χ2v) is 5.77. The summed E-state index contributed by atoms with van der Waals surface area (Å²) < 4.78 is 7.60. The lowest BCUT2D eigenvalue weighted by Crippen LogP contribution is -2.26. The maximum atomic E-state index is 12.5. The normalized spacial score (nSPS) is 12.6. The summed E-state index contributed by atoms with van der Waals surface area (Å²) in [5.74, 6) is 1.30. The number of nitrogens with one attached hydrogen (secondary N) is 1. The molecule has 0 spiro atoms. The van der Waals surface area contributed by atoms with Crippen LogP contribution in [0.3, 0.4) is 0 Å². The summed E-state index contributed by atoms with van der Waals surface area (Å²) >= 11 is 0. The Morgan fingerprint density at radius 3 is 2.88 bits per heavy atom. The maximum absolute atomic E-state index is 12.5. The SMILES string of the molecule is Cc1nnc2ccc(C(=O)NC(C)c3cc4ccccc4o3)cn12. The van der Waals surface area contributed by atoms with Crippen molar-refractivity contribution < 1.29 is 9.21 Å². The van der Waals surface area contributed by atoms with E-state index in [2.05, 4.69) is 15.5 Å². The van der Waals surface area contributed by atoms with Crippen molar-refractivity contribution >= 4 is 22.5 Å². The number of rotatable bonds is 3. The summed E-state index contributed by atoms with van der Waals surface area (Å²) in [5, 5.41) is 12.0. The zero-order chi connectivity index (χ0) is 16.7. The van der Waals surface area contributed by atoms with Gasteiger partial charge in [0, 0.05) is 11.6 Å². The molecule has 0 bridgehead atoms. The van der Waals surface area contributed by atoms with Crippen LogP contribution in [0.5, 0.6) is 0 Å². The monoisotopic (exact) mass is 320 g/mol. The molecule has 3 aromatic heterocycles. The molecule has 120 valence electrons. The summed E-state index contributed by atoms with van der Waals surface area (Å²) in [7, 11) is 0. The second kappa shape index (κ2) is 5.49. The molecule has 1 unspecified atom stereocenters. The van der Waals surface area contributed by atoms with Gasteiger partial charge in [-0.3, -0.25) is 9.20 Å². The number of nitrogens with zero attached hydrogens (tertiary/aromatic N) is 3. The van der Waals surface area contributed by atoms with Crippen LogP contribution in [-0.4, -0.2) is 20.5 Å². The highest BCUT2D eigenvalue weighted by molar-refractivity contribution is 5.94. The molecule has 6 heteroatoms. The number of hydrogen-bond donors (Lipinski definition) is 1. The highest BCUT2D eigenvalue weighted by atomic mass is 16.3. The van der Waals surface area contributed by atoms with Gasteiger partial charge in [-0.2, -0.15) is 0 Å². The van der Waals surface area contributed by atoms with Gasteiger partial charge >= 0.3 is 0 Å². The predicted octanol–water partition coefficient (Wildman–Crippen LogP) is 3.27. The van der Waals surface area contributed by atoms with Crippen LogP contribution in [-0.2, 0) is 0 Å². The van der Waals surface area contributed by atoms with Crippen LogP contribution in [0.15, 0.2) is 53.1 Å². The molecule has 4 aromatic rings. The Hall–Kier alpha value is -3.15. The van der Waals surface area contributed by atoms with Crippen LogP contribution in [0.25, 0.3) is 16.6 Å². The third kappa shape index (κ3) is 2.42. The number of amides is 1. The molecule has 0 aliphatic rings. The Balaban J connectivity index is 1.58. The van der Waals surface area contributed by atoms with Gasteiger partial charge in [0.15, 0.2) is 5.65 Å². The van der Waals surface area contributed by atoms with Crippen molar-refractivity contribution in [2.24, 2.45) is 0 Å². The molecule has 0 saturated carbocycles. The number of aryl methyl sites for hydroxylation is 1. The lowest BCUT2D eigenvalue weighted by molar-refractivity contribution is 0.0935. The van der Waals surface area contributed by atoms with Gasteiger partial charge in [-0.15, -0.1) is 10.2 Å². The van der Waals surface area contributed by atoms with Crippen LogP contribution in [0, 0.1) is 6.92 Å². The van der Waals surface area contributed by atoms with Crippen molar-refractivity contribution in [3.05, 3.63) is 65.8 Å². The Kier molecular flexibility index (Phi) is 3.30. The minimum Gasteiger partial charge on any atom is -0.459 e. The topological polar surface area (TPSA) is 72.4 Å². The molecule has 4 rings (SSSR count). The lowest BCUT2D eigenvalue weighted by Gasteiger charge is -2.11. The molecule has 0 fully saturated rings. The van der Waals surface area contributed by atoms with Crippen LogP contribution >= 0.6 is 0 Å². The Labute approximate surface area is 138 Å². The van der Waals surface area contributed by atoms with E-state index in [1.165, 1.54) is 0 Å². The number of furan rings is 1. The summed E-state index contributed by atoms with van der Waals surface area (Å²) in [6, 6.07) is 13.0. The summed E-state index contributed by atoms with van der Waals surface area (Å²) in [6.45, 7) is 3.75. The van der Waals surface area contributed by atoms with Gasteiger partial charge in [0.1, 0.15) is 17.2 Å². The number of aromatic nitrogens is 3. The molecule has 1 atom stereocenters. The second-order valence-electron chi connectivity index (χ2n) is 5.77. The van der Waals surface area contributed by atoms with Crippen LogP contribution in [0.4, 0.5) is 0 Å². The van der Waals surface area contributed by atoms with Gasteiger partial charge < -0.3 is 9.73 Å². The van der Waals surface area contributed by atoms with Crippen LogP contribution in [0.1, 0.15) is 34.9 Å². The van der Waals surface area contributed by atoms with Crippen molar-refractivity contribution in [1.82, 2.24) is 19.9 Å². The van der Waals surface area contributed by atoms with Crippen molar-refractivity contribution in [2.75, 3.05) is 0 Å². The summed E-state index contributed by atoms with van der Waals surface area (Å²) in [4.78, 5) is 12.5. The van der Waals surface area contributed by atoms with E-state index in [-0.39, 0.29) is 11.9 Å². The fraction of sp³-hybridized carbons (Fsp3) is 0.167. The molecule has 24 heavy (non-hydrogen) atoms. The first-order valence-corrected chi connectivity index (χ1v) is 7.72. The Bertz CT molecular complexity index is 1010. The number of fused-ring (bicyclic) bond motifs is 2. The fourth-order valence-electron chi connectivity index (χ4n) is 2.71. The highest BCUT2D eigenvalue weighted by Crippen LogP contribution is 2.23. The average Bonchev–Trinajstić information content (AvgIpc) is 3.18. The third-order valence-corrected chi connectivity index (χ3v) is 4.05. The van der Waals surface area contributed by atoms with Crippen molar-refractivity contribution in [3.8, 4) is 0 Å². The van der Waals surface area contributed by atoms with Gasteiger partial charge in [-0.1, -0.05) is 18.2 Å². The van der Waals surface area contributed by atoms with E-state index in [9.17, 15) is 4.79 Å². The highest BCUT2D eigenvalue weighted by Gasteiger charge is 2.16. The first-order valence-electron chi connectivity index (χ1n) is 7.72. The van der Waals surface area contributed by atoms with Gasteiger partial charge in [0.05, 0.1) is 11.6 Å². The number of para-hydroxylation sites is 1. The van der Waals surface area contributed by atoms with E-state index in [1.807, 2.05) is 44.2 Å². The number of benzene rings is 1. The van der Waals surface area contributed by atoms with Gasteiger partial charge in [0.2, 0.25) is 0 Å². The molecule has 0 saturated heterocycles. The van der Waals surface area contributed by atoms with E-state index in [4.69, 9.17) is 4.42 Å². The molecular weight excluding hydrogens is 304 g/mol. The molecule has 1 N–H and O–H groups in total. The van der Waals surface area contributed by atoms with Crippen molar-refractivity contribution in [1.29, 1.82) is 0 Å². The van der Waals surface area contributed by atoms with Crippen LogP contribution in [0.2, 0.25) is 0 Å². The van der Waals surface area contributed by atoms with Crippen molar-refractivity contribution in [2.45, 2.75) is 19.9 Å². The Morgan fingerprint density at radius 1 is 1.21 bits per heavy atom. The first-order chi connectivity index (χ1) is 11.6. The van der Waals surface area contributed by atoms with E-state index in [0.29, 0.717) is 5.56 Å². The smallest absolute Gasteiger partial charge is 0.253 e. The molecule has 0 aliphatic heterocycles. The number of carbonyl (C=O) groups is 1. The summed E-state index contributed by atoms with van der Waals surface area (Å²) in [5.41, 5.74) is 2.08. The third-order valence-electron chi connectivity index (χ3n) is 4.05. The van der Waals surface area contributed by atoms with E-state index in [0.717, 1.165) is 28.2 Å². The fourth-order valence-corrected chi connectivity index (χ4v) is 2.71. The van der Waals surface area contributed by atoms with E-state index < -0.39 is 0 Å². The lowest BCUT2D eigenvalue weighted by atomic mass is 10.2. The molecule has 0 aliphatic carbocycles. The summed E-state index contributed by atoms with van der Waals surface area (Å²) in [6.07, 6.45) is 1.74. The molecular formula is C18H16N4O2. The van der Waals surface area contributed by atoms with E-state index in [1.54, 1.807) is 22.7 Å². The molecule has 1 aromatic carbocycles. The maximum Gasteiger partial charge on any atom is 0.253 e. The van der Waals surface area contributed by atoms with Gasteiger partial charge in [-0.05, 0) is 38.1 Å². The predicted molar refractivity (Wildman–Crippen MR) is 89.8 cm³/mol. The Morgan fingerprint density at radius 2 is 2.04 bits per heavy atom. The quantitative estimate of drug-likeness (QED) is 0.629. The average molecular weight is 320 g/mol. The minimum absolute atomic E-state index is 0.169. The zero-order valence-corrected chi connectivity index (χ0v) is 13.4. The number of pyridine rings is 1. The zero-order valence-electron chi connectivity index (χ0n) is 13.4. The van der Waals surface area contributed by atoms with Crippen LogP contribution < -0.4 is 5.32 Å². The van der Waals surface area contributed by atoms with E-state index >= 15 is 0 Å². The number of hydrogen-bond acceptors (Lipinski definition) is 4. The molecule has 1 amide bonds. The molecule has 0 radical (unpaired) electrons. The number of carbonyl (C=O) groups excluding carboxylic acids is 1. The standard InChI is InChI=1S/C18H16N4O2/c1-11(16-9-13-5-3-4-6-15(13)24-16)19-18(23)14-7-8-17-21-20-12(2)22(17)10-14/h3-11H,1-2H3,(H,19,23). The molecule has 6 nitrogen and oxygen atoms in total. The minimum atomic E-state index is -0.234. The molecule has 3 heterocycles. The van der Waals surface area contributed by atoms with Gasteiger partial charge in [-0.25, -0.2) is 0 Å². The largest absolute Gasteiger partial charge is 0.459 e.